The zero-order chi connectivity index (χ0) is 11.8. The molecular weight excluding hydrogens is 224 g/mol. The summed E-state index contributed by atoms with van der Waals surface area (Å²) in [5.74, 6) is 0.404. The third kappa shape index (κ3) is 3.95. The molecule has 0 heterocycles. The average Bonchev–Trinajstić information content (AvgIpc) is 2.29. The van der Waals surface area contributed by atoms with E-state index >= 15 is 0 Å². The fourth-order valence-electron chi connectivity index (χ4n) is 1.30. The Labute approximate surface area is 100 Å². The second kappa shape index (κ2) is 6.90. The summed E-state index contributed by atoms with van der Waals surface area (Å²) in [5, 5.41) is 5.42. The lowest BCUT2D eigenvalue weighted by Gasteiger charge is -2.10. The molecule has 1 aromatic carbocycles. The predicted molar refractivity (Wildman–Crippen MR) is 68.1 cm³/mol. The minimum atomic E-state index is -0.239. The fraction of sp³-hybridized carbons (Fsp3) is 0.250. The molecule has 0 aliphatic heterocycles. The van der Waals surface area contributed by atoms with E-state index in [-0.39, 0.29) is 6.03 Å². The number of carbonyl (C=O) groups is 1. The summed E-state index contributed by atoms with van der Waals surface area (Å²) in [4.78, 5) is 11.4. The molecule has 86 valence electrons. The third-order valence-corrected chi connectivity index (χ3v) is 2.20. The Balaban J connectivity index is 2.64. The third-order valence-electron chi connectivity index (χ3n) is 2.01. The number of halogens is 1. The number of rotatable bonds is 5. The van der Waals surface area contributed by atoms with Crippen LogP contribution in [0.5, 0.6) is 0 Å². The van der Waals surface area contributed by atoms with Crippen molar-refractivity contribution in [2.75, 3.05) is 17.7 Å². The summed E-state index contributed by atoms with van der Waals surface area (Å²) >= 11 is 5.47. The number of hydrogen-bond donors (Lipinski definition) is 2. The molecule has 0 aliphatic rings. The van der Waals surface area contributed by atoms with E-state index in [4.69, 9.17) is 11.6 Å². The Morgan fingerprint density at radius 3 is 2.88 bits per heavy atom. The number of amides is 2. The minimum absolute atomic E-state index is 0.239. The lowest BCUT2D eigenvalue weighted by molar-refractivity contribution is 0.252. The van der Waals surface area contributed by atoms with Gasteiger partial charge in [0.1, 0.15) is 0 Å². The molecule has 4 heteroatoms. The summed E-state index contributed by atoms with van der Waals surface area (Å²) in [6.45, 7) is 4.14. The monoisotopic (exact) mass is 238 g/mol. The first kappa shape index (κ1) is 12.6. The van der Waals surface area contributed by atoms with Gasteiger partial charge in [-0.05, 0) is 18.1 Å². The molecule has 2 amide bonds. The van der Waals surface area contributed by atoms with Crippen LogP contribution in [0.2, 0.25) is 0 Å². The quantitative estimate of drug-likeness (QED) is 0.601. The van der Waals surface area contributed by atoms with Crippen LogP contribution in [-0.4, -0.2) is 18.5 Å². The molecule has 0 aromatic heterocycles. The lowest BCUT2D eigenvalue weighted by Crippen LogP contribution is -2.30. The number of urea groups is 1. The van der Waals surface area contributed by atoms with Gasteiger partial charge in [-0.1, -0.05) is 24.3 Å². The minimum Gasteiger partial charge on any atom is -0.337 e. The predicted octanol–water partition coefficient (Wildman–Crippen LogP) is 2.78. The second-order valence-corrected chi connectivity index (χ2v) is 3.60. The zero-order valence-corrected chi connectivity index (χ0v) is 9.76. The van der Waals surface area contributed by atoms with Crippen molar-refractivity contribution >= 4 is 23.3 Å². The number of nitrogens with one attached hydrogen (secondary N) is 2. The Morgan fingerprint density at radius 1 is 1.44 bits per heavy atom. The van der Waals surface area contributed by atoms with Crippen LogP contribution in [0.15, 0.2) is 36.9 Å². The Bertz CT molecular complexity index is 366. The van der Waals surface area contributed by atoms with Crippen LogP contribution in [0.3, 0.4) is 0 Å². The SMILES string of the molecule is C=CCc1ccccc1NC(=O)NCCCl. The van der Waals surface area contributed by atoms with Crippen LogP contribution in [0.4, 0.5) is 10.5 Å². The molecule has 0 spiro atoms. The molecule has 0 aliphatic carbocycles. The van der Waals surface area contributed by atoms with Crippen LogP contribution in [0.1, 0.15) is 5.56 Å². The Hall–Kier alpha value is -1.48. The van der Waals surface area contributed by atoms with Gasteiger partial charge in [0.2, 0.25) is 0 Å². The molecule has 0 saturated carbocycles. The van der Waals surface area contributed by atoms with E-state index in [0.29, 0.717) is 12.4 Å². The summed E-state index contributed by atoms with van der Waals surface area (Å²) in [5.41, 5.74) is 1.84. The van der Waals surface area contributed by atoms with Crippen LogP contribution >= 0.6 is 11.6 Å². The number of para-hydroxylation sites is 1. The molecular formula is C12H15ClN2O. The van der Waals surface area contributed by atoms with Gasteiger partial charge in [-0.25, -0.2) is 4.79 Å². The van der Waals surface area contributed by atoms with Crippen LogP contribution in [0, 0.1) is 0 Å². The maximum absolute atomic E-state index is 11.4. The molecule has 2 N–H and O–H groups in total. The van der Waals surface area contributed by atoms with E-state index in [2.05, 4.69) is 17.2 Å². The summed E-state index contributed by atoms with van der Waals surface area (Å²) in [7, 11) is 0. The molecule has 3 nitrogen and oxygen atoms in total. The topological polar surface area (TPSA) is 41.1 Å². The van der Waals surface area contributed by atoms with Gasteiger partial charge in [0.25, 0.3) is 0 Å². The van der Waals surface area contributed by atoms with Crippen molar-refractivity contribution in [3.63, 3.8) is 0 Å². The highest BCUT2D eigenvalue weighted by molar-refractivity contribution is 6.18. The van der Waals surface area contributed by atoms with E-state index in [1.54, 1.807) is 6.08 Å². The normalized spacial score (nSPS) is 9.56. The molecule has 1 aromatic rings. The second-order valence-electron chi connectivity index (χ2n) is 3.22. The van der Waals surface area contributed by atoms with E-state index in [9.17, 15) is 4.79 Å². The van der Waals surface area contributed by atoms with Crippen molar-refractivity contribution in [1.82, 2.24) is 5.32 Å². The van der Waals surface area contributed by atoms with Crippen molar-refractivity contribution in [1.29, 1.82) is 0 Å². The number of benzene rings is 1. The number of allylic oxidation sites excluding steroid dienone is 1. The van der Waals surface area contributed by atoms with Gasteiger partial charge >= 0.3 is 6.03 Å². The van der Waals surface area contributed by atoms with Crippen molar-refractivity contribution < 1.29 is 4.79 Å². The van der Waals surface area contributed by atoms with E-state index in [1.165, 1.54) is 0 Å². The number of hydrogen-bond acceptors (Lipinski definition) is 1. The fourth-order valence-corrected chi connectivity index (χ4v) is 1.40. The molecule has 0 bridgehead atoms. The van der Waals surface area contributed by atoms with Gasteiger partial charge in [-0.15, -0.1) is 18.2 Å². The first-order chi connectivity index (χ1) is 7.77. The average molecular weight is 239 g/mol. The highest BCUT2D eigenvalue weighted by atomic mass is 35.5. The molecule has 1 rings (SSSR count). The largest absolute Gasteiger partial charge is 0.337 e. The summed E-state index contributed by atoms with van der Waals surface area (Å²) < 4.78 is 0. The molecule has 0 saturated heterocycles. The Kier molecular flexibility index (Phi) is 5.43. The van der Waals surface area contributed by atoms with E-state index in [0.717, 1.165) is 17.7 Å². The van der Waals surface area contributed by atoms with Gasteiger partial charge < -0.3 is 10.6 Å². The van der Waals surface area contributed by atoms with Crippen molar-refractivity contribution in [2.45, 2.75) is 6.42 Å². The maximum Gasteiger partial charge on any atom is 0.319 e. The van der Waals surface area contributed by atoms with Crippen molar-refractivity contribution in [2.24, 2.45) is 0 Å². The number of alkyl halides is 1. The van der Waals surface area contributed by atoms with Gasteiger partial charge in [0, 0.05) is 18.1 Å². The van der Waals surface area contributed by atoms with Crippen LogP contribution in [0.25, 0.3) is 0 Å². The molecule has 0 fully saturated rings. The van der Waals surface area contributed by atoms with Crippen molar-refractivity contribution in [3.05, 3.63) is 42.5 Å². The highest BCUT2D eigenvalue weighted by Crippen LogP contribution is 2.15. The van der Waals surface area contributed by atoms with Crippen molar-refractivity contribution in [3.8, 4) is 0 Å². The molecule has 0 unspecified atom stereocenters. The first-order valence-electron chi connectivity index (χ1n) is 5.07. The Morgan fingerprint density at radius 2 is 2.19 bits per heavy atom. The summed E-state index contributed by atoms with van der Waals surface area (Å²) in [6, 6.07) is 7.39. The maximum atomic E-state index is 11.4. The molecule has 0 atom stereocenters. The molecule has 16 heavy (non-hydrogen) atoms. The van der Waals surface area contributed by atoms with Gasteiger partial charge in [-0.2, -0.15) is 0 Å². The smallest absolute Gasteiger partial charge is 0.319 e. The van der Waals surface area contributed by atoms with Crippen LogP contribution < -0.4 is 10.6 Å². The first-order valence-corrected chi connectivity index (χ1v) is 5.61. The highest BCUT2D eigenvalue weighted by Gasteiger charge is 2.03. The van der Waals surface area contributed by atoms with Gasteiger partial charge in [0.05, 0.1) is 0 Å². The van der Waals surface area contributed by atoms with Crippen LogP contribution in [-0.2, 0) is 6.42 Å². The van der Waals surface area contributed by atoms with Gasteiger partial charge in [0.15, 0.2) is 0 Å². The summed E-state index contributed by atoms with van der Waals surface area (Å²) in [6.07, 6.45) is 2.53. The lowest BCUT2D eigenvalue weighted by atomic mass is 10.1. The molecule has 0 radical (unpaired) electrons. The number of carbonyl (C=O) groups excluding carboxylic acids is 1. The van der Waals surface area contributed by atoms with E-state index in [1.807, 2.05) is 24.3 Å². The van der Waals surface area contributed by atoms with Gasteiger partial charge in [-0.3, -0.25) is 0 Å². The van der Waals surface area contributed by atoms with E-state index < -0.39 is 0 Å². The zero-order valence-electron chi connectivity index (χ0n) is 9.00. The number of anilines is 1. The standard InChI is InChI=1S/C12H15ClN2O/c1-2-5-10-6-3-4-7-11(10)15-12(16)14-9-8-13/h2-4,6-7H,1,5,8-9H2,(H2,14,15,16).